The number of rotatable bonds is 22. The van der Waals surface area contributed by atoms with E-state index in [0.29, 0.717) is 13.0 Å². The monoisotopic (exact) mass is 557 g/mol. The van der Waals surface area contributed by atoms with Crippen molar-refractivity contribution in [1.82, 2.24) is 9.55 Å². The summed E-state index contributed by atoms with van der Waals surface area (Å²) in [6.45, 7) is 4.85. The number of nitrogen functional groups attached to an aromatic ring is 1. The fourth-order valence-electron chi connectivity index (χ4n) is 4.96. The molecule has 1 fully saturated rings. The first-order valence-corrected chi connectivity index (χ1v) is 15.8. The Hall–Kier alpha value is -1.09. The van der Waals surface area contributed by atoms with Crippen molar-refractivity contribution in [3.05, 3.63) is 22.7 Å². The van der Waals surface area contributed by atoms with Gasteiger partial charge in [-0.05, 0) is 18.9 Å². The van der Waals surface area contributed by atoms with Crippen molar-refractivity contribution in [3.8, 4) is 0 Å². The summed E-state index contributed by atoms with van der Waals surface area (Å²) in [6.07, 6.45) is 18.7. The molecule has 2 heterocycles. The third kappa shape index (κ3) is 11.6. The van der Waals surface area contributed by atoms with Gasteiger partial charge in [0, 0.05) is 27.0 Å². The van der Waals surface area contributed by atoms with Crippen molar-refractivity contribution in [2.24, 2.45) is 0 Å². The number of hydrogen-bond donors (Lipinski definition) is 1. The Bertz CT molecular complexity index is 794. The Kier molecular flexibility index (Phi) is 17.3. The molecule has 0 spiro atoms. The predicted octanol–water partition coefficient (Wildman–Crippen LogP) is 6.90. The van der Waals surface area contributed by atoms with E-state index in [2.05, 4.69) is 11.9 Å². The van der Waals surface area contributed by atoms with Crippen molar-refractivity contribution in [2.75, 3.05) is 26.6 Å². The van der Waals surface area contributed by atoms with E-state index in [4.69, 9.17) is 28.8 Å². The Morgan fingerprint density at radius 3 is 1.95 bits per heavy atom. The fraction of sp³-hybridized carbons (Fsp3) is 0.857. The van der Waals surface area contributed by atoms with Crippen LogP contribution in [0.3, 0.4) is 0 Å². The lowest BCUT2D eigenvalue weighted by atomic mass is 10.0. The zero-order valence-electron chi connectivity index (χ0n) is 24.1. The standard InChI is InChI=1S/C28H52N3O6P/c1-5-7-8-9-10-11-12-13-14-15-16-17-18-19-22-35-26-25(37-38(33-3)34-4)23(6-2)36-27(26)31-21-20-24(29)30-28(31)32/h20-21,23,25-27H,5-19,22H2,1-4H3,(H2,29,30,32). The molecular formula is C28H52N3O6P. The maximum Gasteiger partial charge on any atom is 0.351 e. The van der Waals surface area contributed by atoms with Crippen LogP contribution in [0.25, 0.3) is 0 Å². The molecule has 4 unspecified atom stereocenters. The second kappa shape index (κ2) is 19.9. The smallest absolute Gasteiger partial charge is 0.351 e. The molecule has 1 aromatic rings. The third-order valence-electron chi connectivity index (χ3n) is 7.13. The zero-order chi connectivity index (χ0) is 27.6. The summed E-state index contributed by atoms with van der Waals surface area (Å²) < 4.78 is 30.8. The first-order chi connectivity index (χ1) is 18.5. The number of nitrogens with two attached hydrogens (primary N) is 1. The number of nitrogens with zero attached hydrogens (tertiary/aromatic N) is 2. The van der Waals surface area contributed by atoms with E-state index in [1.54, 1.807) is 26.5 Å². The lowest BCUT2D eigenvalue weighted by molar-refractivity contribution is -0.0704. The van der Waals surface area contributed by atoms with E-state index < -0.39 is 32.7 Å². The molecule has 9 nitrogen and oxygen atoms in total. The minimum atomic E-state index is -1.55. The fourth-order valence-corrected chi connectivity index (χ4v) is 5.74. The summed E-state index contributed by atoms with van der Waals surface area (Å²) in [5.41, 5.74) is 5.21. The van der Waals surface area contributed by atoms with Crippen LogP contribution < -0.4 is 11.4 Å². The maximum atomic E-state index is 12.6. The molecule has 1 aliphatic heterocycles. The normalized spacial score (nSPS) is 21.5. The first-order valence-electron chi connectivity index (χ1n) is 14.7. The number of aromatic nitrogens is 2. The van der Waals surface area contributed by atoms with Gasteiger partial charge in [-0.2, -0.15) is 4.98 Å². The van der Waals surface area contributed by atoms with Crippen LogP contribution in [0.4, 0.5) is 5.82 Å². The molecule has 1 aliphatic rings. The van der Waals surface area contributed by atoms with Crippen molar-refractivity contribution in [2.45, 2.75) is 135 Å². The summed E-state index contributed by atoms with van der Waals surface area (Å²) in [5, 5.41) is 0. The van der Waals surface area contributed by atoms with Gasteiger partial charge < -0.3 is 28.8 Å². The molecule has 0 saturated carbocycles. The van der Waals surface area contributed by atoms with Gasteiger partial charge in [0.1, 0.15) is 18.0 Å². The molecule has 220 valence electrons. The second-order valence-electron chi connectivity index (χ2n) is 10.1. The quantitative estimate of drug-likeness (QED) is 0.121. The Morgan fingerprint density at radius 2 is 1.45 bits per heavy atom. The van der Waals surface area contributed by atoms with Gasteiger partial charge in [0.25, 0.3) is 0 Å². The third-order valence-corrected chi connectivity index (χ3v) is 8.14. The maximum absolute atomic E-state index is 12.6. The van der Waals surface area contributed by atoms with Gasteiger partial charge in [-0.3, -0.25) is 4.57 Å². The van der Waals surface area contributed by atoms with Crippen LogP contribution >= 0.6 is 8.60 Å². The molecule has 1 saturated heterocycles. The van der Waals surface area contributed by atoms with Crippen LogP contribution in [-0.4, -0.2) is 48.7 Å². The van der Waals surface area contributed by atoms with E-state index in [-0.39, 0.29) is 11.9 Å². The molecule has 10 heteroatoms. The summed E-state index contributed by atoms with van der Waals surface area (Å²) in [4.78, 5) is 16.4. The summed E-state index contributed by atoms with van der Waals surface area (Å²) in [7, 11) is 1.54. The summed E-state index contributed by atoms with van der Waals surface area (Å²) in [5.74, 6) is 0.172. The van der Waals surface area contributed by atoms with E-state index in [9.17, 15) is 4.79 Å². The zero-order valence-corrected chi connectivity index (χ0v) is 25.0. The highest BCUT2D eigenvalue weighted by Gasteiger charge is 2.48. The van der Waals surface area contributed by atoms with Gasteiger partial charge in [0.05, 0.1) is 6.10 Å². The van der Waals surface area contributed by atoms with Crippen LogP contribution in [0, 0.1) is 0 Å². The van der Waals surface area contributed by atoms with E-state index >= 15 is 0 Å². The minimum absolute atomic E-state index is 0.172. The molecule has 0 bridgehead atoms. The van der Waals surface area contributed by atoms with Crippen LogP contribution in [0.2, 0.25) is 0 Å². The van der Waals surface area contributed by atoms with Crippen LogP contribution in [0.15, 0.2) is 17.1 Å². The number of hydrogen-bond acceptors (Lipinski definition) is 8. The largest absolute Gasteiger partial charge is 0.383 e. The van der Waals surface area contributed by atoms with Crippen molar-refractivity contribution in [3.63, 3.8) is 0 Å². The van der Waals surface area contributed by atoms with E-state index in [1.807, 2.05) is 6.92 Å². The van der Waals surface area contributed by atoms with E-state index in [1.165, 1.54) is 81.6 Å². The Balaban J connectivity index is 1.76. The van der Waals surface area contributed by atoms with Crippen molar-refractivity contribution < 1.29 is 23.0 Å². The average molecular weight is 558 g/mol. The highest BCUT2D eigenvalue weighted by atomic mass is 31.2. The van der Waals surface area contributed by atoms with Crippen LogP contribution in [-0.2, 0) is 23.0 Å². The lowest BCUT2D eigenvalue weighted by Crippen LogP contribution is -2.38. The highest BCUT2D eigenvalue weighted by molar-refractivity contribution is 7.41. The second-order valence-corrected chi connectivity index (χ2v) is 11.5. The average Bonchev–Trinajstić information content (AvgIpc) is 3.26. The van der Waals surface area contributed by atoms with Gasteiger partial charge in [0.2, 0.25) is 0 Å². The molecule has 0 amide bonds. The molecule has 0 aliphatic carbocycles. The topological polar surface area (TPSA) is 107 Å². The number of ether oxygens (including phenoxy) is 2. The van der Waals surface area contributed by atoms with Gasteiger partial charge in [-0.15, -0.1) is 0 Å². The molecule has 38 heavy (non-hydrogen) atoms. The molecule has 4 atom stereocenters. The molecule has 0 radical (unpaired) electrons. The summed E-state index contributed by atoms with van der Waals surface area (Å²) in [6, 6.07) is 1.59. The Labute approximate surface area is 231 Å². The molecule has 2 N–H and O–H groups in total. The lowest BCUT2D eigenvalue weighted by Gasteiger charge is -2.26. The molecule has 1 aromatic heterocycles. The number of unbranched alkanes of at least 4 members (excludes halogenated alkanes) is 13. The highest BCUT2D eigenvalue weighted by Crippen LogP contribution is 2.45. The first kappa shape index (κ1) is 33.1. The molecule has 0 aromatic carbocycles. The van der Waals surface area contributed by atoms with Gasteiger partial charge in [0.15, 0.2) is 6.23 Å². The predicted molar refractivity (Wildman–Crippen MR) is 153 cm³/mol. The number of anilines is 1. The van der Waals surface area contributed by atoms with Gasteiger partial charge in [-0.1, -0.05) is 97.3 Å². The summed E-state index contributed by atoms with van der Waals surface area (Å²) >= 11 is 0. The van der Waals surface area contributed by atoms with Crippen LogP contribution in [0.1, 0.15) is 116 Å². The van der Waals surface area contributed by atoms with Crippen LogP contribution in [0.5, 0.6) is 0 Å². The van der Waals surface area contributed by atoms with Crippen molar-refractivity contribution >= 4 is 14.4 Å². The van der Waals surface area contributed by atoms with Crippen molar-refractivity contribution in [1.29, 1.82) is 0 Å². The molecule has 2 rings (SSSR count). The molecular weight excluding hydrogens is 505 g/mol. The van der Waals surface area contributed by atoms with Gasteiger partial charge >= 0.3 is 14.3 Å². The minimum Gasteiger partial charge on any atom is -0.383 e. The Morgan fingerprint density at radius 1 is 0.895 bits per heavy atom. The SMILES string of the molecule is CCCCCCCCCCCCCCCCOC1C(OP(OC)OC)C(CC)OC1n1ccc(N)nc1=O. The van der Waals surface area contributed by atoms with Gasteiger partial charge in [-0.25, -0.2) is 4.79 Å². The van der Waals surface area contributed by atoms with E-state index in [0.717, 1.165) is 12.8 Å².